The van der Waals surface area contributed by atoms with E-state index >= 15 is 0 Å². The average molecular weight is 279 g/mol. The number of pyridine rings is 1. The molecular formula is C15H19ClN2O. The molecule has 1 aliphatic carbocycles. The van der Waals surface area contributed by atoms with Crippen LogP contribution in [0.5, 0.6) is 0 Å². The van der Waals surface area contributed by atoms with Gasteiger partial charge in [-0.15, -0.1) is 0 Å². The Kier molecular flexibility index (Phi) is 3.76. The maximum Gasteiger partial charge on any atom is 0.0995 e. The van der Waals surface area contributed by atoms with Crippen molar-refractivity contribution in [3.63, 3.8) is 0 Å². The smallest absolute Gasteiger partial charge is 0.0995 e. The van der Waals surface area contributed by atoms with Crippen LogP contribution in [0.2, 0.25) is 5.02 Å². The van der Waals surface area contributed by atoms with Crippen molar-refractivity contribution in [2.45, 2.75) is 44.6 Å². The zero-order valence-electron chi connectivity index (χ0n) is 10.9. The molecule has 0 amide bonds. The van der Waals surface area contributed by atoms with Crippen molar-refractivity contribution in [1.82, 2.24) is 9.38 Å². The number of aromatic nitrogens is 2. The largest absolute Gasteiger partial charge is 0.387 e. The van der Waals surface area contributed by atoms with E-state index in [0.29, 0.717) is 10.9 Å². The molecule has 1 aliphatic rings. The van der Waals surface area contributed by atoms with Crippen LogP contribution < -0.4 is 0 Å². The molecule has 0 radical (unpaired) electrons. The molecule has 1 N–H and O–H groups in total. The molecule has 0 spiro atoms. The van der Waals surface area contributed by atoms with Gasteiger partial charge in [-0.3, -0.25) is 0 Å². The van der Waals surface area contributed by atoms with E-state index in [4.69, 9.17) is 11.6 Å². The maximum atomic E-state index is 10.5. The molecule has 1 atom stereocenters. The summed E-state index contributed by atoms with van der Waals surface area (Å²) >= 11 is 6.12. The number of halogens is 1. The van der Waals surface area contributed by atoms with Crippen LogP contribution in [-0.4, -0.2) is 14.5 Å². The van der Waals surface area contributed by atoms with Crippen LogP contribution >= 0.6 is 11.6 Å². The Bertz CT molecular complexity index is 560. The Morgan fingerprint density at radius 3 is 2.89 bits per heavy atom. The van der Waals surface area contributed by atoms with E-state index in [1.165, 1.54) is 32.1 Å². The van der Waals surface area contributed by atoms with Crippen LogP contribution in [0.1, 0.15) is 50.3 Å². The standard InChI is InChI=1S/C15H19ClN2O/c16-12-7-13-9-17-10-18(13)14(8-12)15(19)6-11-4-2-1-3-5-11/h7-11,15,19H,1-6H2. The fourth-order valence-electron chi connectivity index (χ4n) is 3.14. The molecule has 2 heterocycles. The lowest BCUT2D eigenvalue weighted by atomic mass is 9.85. The first-order valence-electron chi connectivity index (χ1n) is 7.03. The highest BCUT2D eigenvalue weighted by molar-refractivity contribution is 6.31. The Balaban J connectivity index is 1.83. The lowest BCUT2D eigenvalue weighted by molar-refractivity contribution is 0.126. The first kappa shape index (κ1) is 12.9. The van der Waals surface area contributed by atoms with E-state index in [1.807, 2.05) is 16.5 Å². The zero-order chi connectivity index (χ0) is 13.2. The third kappa shape index (κ3) is 2.77. The predicted octanol–water partition coefficient (Wildman–Crippen LogP) is 3.99. The fourth-order valence-corrected chi connectivity index (χ4v) is 3.36. The summed E-state index contributed by atoms with van der Waals surface area (Å²) in [6.07, 6.45) is 10.3. The predicted molar refractivity (Wildman–Crippen MR) is 76.4 cm³/mol. The van der Waals surface area contributed by atoms with Gasteiger partial charge in [0.2, 0.25) is 0 Å². The summed E-state index contributed by atoms with van der Waals surface area (Å²) < 4.78 is 1.93. The van der Waals surface area contributed by atoms with Gasteiger partial charge in [0.15, 0.2) is 0 Å². The summed E-state index contributed by atoms with van der Waals surface area (Å²) in [4.78, 5) is 4.13. The van der Waals surface area contributed by atoms with Crippen LogP contribution in [0.3, 0.4) is 0 Å². The average Bonchev–Trinajstić information content (AvgIpc) is 2.86. The van der Waals surface area contributed by atoms with Crippen molar-refractivity contribution in [3.05, 3.63) is 35.4 Å². The number of aliphatic hydroxyl groups is 1. The molecule has 3 nitrogen and oxygen atoms in total. The first-order valence-corrected chi connectivity index (χ1v) is 7.41. The fraction of sp³-hybridized carbons (Fsp3) is 0.533. The van der Waals surface area contributed by atoms with Gasteiger partial charge in [-0.1, -0.05) is 43.7 Å². The van der Waals surface area contributed by atoms with Crippen molar-refractivity contribution in [1.29, 1.82) is 0 Å². The SMILES string of the molecule is OC(CC1CCCCC1)c1cc(Cl)cc2cncn12. The topological polar surface area (TPSA) is 37.5 Å². The van der Waals surface area contributed by atoms with Crippen LogP contribution in [0.15, 0.2) is 24.7 Å². The quantitative estimate of drug-likeness (QED) is 0.922. The van der Waals surface area contributed by atoms with Gasteiger partial charge < -0.3 is 9.51 Å². The van der Waals surface area contributed by atoms with Crippen LogP contribution in [0.25, 0.3) is 5.52 Å². The van der Waals surface area contributed by atoms with E-state index in [-0.39, 0.29) is 0 Å². The molecule has 19 heavy (non-hydrogen) atoms. The zero-order valence-corrected chi connectivity index (χ0v) is 11.7. The first-order chi connectivity index (χ1) is 9.24. The molecular weight excluding hydrogens is 260 g/mol. The molecule has 102 valence electrons. The molecule has 1 saturated carbocycles. The second kappa shape index (κ2) is 5.51. The normalized spacial score (nSPS) is 18.8. The number of nitrogens with zero attached hydrogens (tertiary/aromatic N) is 2. The number of hydrogen-bond acceptors (Lipinski definition) is 2. The third-order valence-corrected chi connectivity index (χ3v) is 4.36. The summed E-state index contributed by atoms with van der Waals surface area (Å²) in [6.45, 7) is 0. The van der Waals surface area contributed by atoms with E-state index in [9.17, 15) is 5.11 Å². The molecule has 0 bridgehead atoms. The van der Waals surface area contributed by atoms with Crippen molar-refractivity contribution >= 4 is 17.1 Å². The number of rotatable bonds is 3. The maximum absolute atomic E-state index is 10.5. The number of imidazole rings is 1. The second-order valence-electron chi connectivity index (χ2n) is 5.54. The van der Waals surface area contributed by atoms with Gasteiger partial charge in [-0.05, 0) is 24.5 Å². The van der Waals surface area contributed by atoms with Gasteiger partial charge in [0, 0.05) is 5.02 Å². The Hall–Kier alpha value is -1.06. The number of aliphatic hydroxyl groups excluding tert-OH is 1. The van der Waals surface area contributed by atoms with Crippen LogP contribution in [0.4, 0.5) is 0 Å². The van der Waals surface area contributed by atoms with Gasteiger partial charge in [0.1, 0.15) is 0 Å². The van der Waals surface area contributed by atoms with E-state index < -0.39 is 6.10 Å². The molecule has 0 saturated heterocycles. The monoisotopic (exact) mass is 278 g/mol. The highest BCUT2D eigenvalue weighted by Crippen LogP contribution is 2.32. The molecule has 0 aromatic carbocycles. The summed E-state index contributed by atoms with van der Waals surface area (Å²) in [6, 6.07) is 3.72. The summed E-state index contributed by atoms with van der Waals surface area (Å²) in [7, 11) is 0. The molecule has 2 aromatic heterocycles. The van der Waals surface area contributed by atoms with E-state index in [2.05, 4.69) is 4.98 Å². The molecule has 1 unspecified atom stereocenters. The van der Waals surface area contributed by atoms with E-state index in [1.54, 1.807) is 12.5 Å². The Labute approximate surface area is 118 Å². The minimum atomic E-state index is -0.460. The Morgan fingerprint density at radius 1 is 1.32 bits per heavy atom. The lowest BCUT2D eigenvalue weighted by Crippen LogP contribution is -2.13. The van der Waals surface area contributed by atoms with Crippen LogP contribution in [-0.2, 0) is 0 Å². The van der Waals surface area contributed by atoms with Crippen molar-refractivity contribution in [3.8, 4) is 0 Å². The molecule has 4 heteroatoms. The number of fused-ring (bicyclic) bond motifs is 1. The highest BCUT2D eigenvalue weighted by atomic mass is 35.5. The van der Waals surface area contributed by atoms with Crippen molar-refractivity contribution in [2.24, 2.45) is 5.92 Å². The minimum Gasteiger partial charge on any atom is -0.387 e. The van der Waals surface area contributed by atoms with E-state index in [0.717, 1.165) is 17.6 Å². The third-order valence-electron chi connectivity index (χ3n) is 4.14. The minimum absolute atomic E-state index is 0.460. The summed E-state index contributed by atoms with van der Waals surface area (Å²) in [5.41, 5.74) is 1.79. The lowest BCUT2D eigenvalue weighted by Gasteiger charge is -2.24. The molecule has 0 aliphatic heterocycles. The van der Waals surface area contributed by atoms with Gasteiger partial charge in [-0.2, -0.15) is 0 Å². The van der Waals surface area contributed by atoms with Crippen LogP contribution in [0, 0.1) is 5.92 Å². The van der Waals surface area contributed by atoms with Gasteiger partial charge in [-0.25, -0.2) is 4.98 Å². The van der Waals surface area contributed by atoms with Crippen molar-refractivity contribution < 1.29 is 5.11 Å². The van der Waals surface area contributed by atoms with Crippen molar-refractivity contribution in [2.75, 3.05) is 0 Å². The summed E-state index contributed by atoms with van der Waals surface area (Å²) in [5, 5.41) is 11.2. The van der Waals surface area contributed by atoms with Gasteiger partial charge >= 0.3 is 0 Å². The summed E-state index contributed by atoms with van der Waals surface area (Å²) in [5.74, 6) is 0.640. The second-order valence-corrected chi connectivity index (χ2v) is 5.98. The van der Waals surface area contributed by atoms with Gasteiger partial charge in [0.05, 0.1) is 29.8 Å². The Morgan fingerprint density at radius 2 is 2.11 bits per heavy atom. The van der Waals surface area contributed by atoms with Gasteiger partial charge in [0.25, 0.3) is 0 Å². The molecule has 2 aromatic rings. The number of hydrogen-bond donors (Lipinski definition) is 1. The molecule has 1 fully saturated rings. The molecule has 3 rings (SSSR count). The highest BCUT2D eigenvalue weighted by Gasteiger charge is 2.20.